The number of hydrogen-bond acceptors (Lipinski definition) is 2. The third kappa shape index (κ3) is 3.20. The predicted octanol–water partition coefficient (Wildman–Crippen LogP) is 3.83. The topological polar surface area (TPSA) is 55.1 Å². The standard InChI is InChI=1S/C16H17BrN2O/c1-10-4-3-5-14(15(10)18)16(20)19-11(2)12-6-8-13(17)9-7-12/h3-9,11H,18H2,1-2H3,(H,19,20). The SMILES string of the molecule is Cc1cccc(C(=O)NC(C)c2ccc(Br)cc2)c1N. The summed E-state index contributed by atoms with van der Waals surface area (Å²) >= 11 is 3.40. The number of halogens is 1. The van der Waals surface area contributed by atoms with Crippen LogP contribution < -0.4 is 11.1 Å². The van der Waals surface area contributed by atoms with E-state index in [9.17, 15) is 4.79 Å². The van der Waals surface area contributed by atoms with Crippen molar-refractivity contribution < 1.29 is 4.79 Å². The lowest BCUT2D eigenvalue weighted by Crippen LogP contribution is -2.27. The second-order valence-corrected chi connectivity index (χ2v) is 5.70. The molecule has 1 amide bonds. The van der Waals surface area contributed by atoms with Crippen molar-refractivity contribution >= 4 is 27.5 Å². The molecule has 0 radical (unpaired) electrons. The van der Waals surface area contributed by atoms with Gasteiger partial charge in [0.15, 0.2) is 0 Å². The van der Waals surface area contributed by atoms with Gasteiger partial charge in [0.05, 0.1) is 11.6 Å². The molecule has 2 aromatic rings. The van der Waals surface area contributed by atoms with Gasteiger partial charge in [0.25, 0.3) is 5.91 Å². The number of benzene rings is 2. The van der Waals surface area contributed by atoms with Crippen LogP contribution in [0.15, 0.2) is 46.9 Å². The van der Waals surface area contributed by atoms with E-state index in [0.29, 0.717) is 11.3 Å². The zero-order valence-corrected chi connectivity index (χ0v) is 13.1. The molecule has 0 fully saturated rings. The van der Waals surface area contributed by atoms with E-state index in [1.165, 1.54) is 0 Å². The normalized spacial score (nSPS) is 11.9. The zero-order valence-electron chi connectivity index (χ0n) is 11.5. The van der Waals surface area contributed by atoms with Crippen molar-refractivity contribution in [1.82, 2.24) is 5.32 Å². The minimum Gasteiger partial charge on any atom is -0.398 e. The summed E-state index contributed by atoms with van der Waals surface area (Å²) in [7, 11) is 0. The molecule has 0 heterocycles. The summed E-state index contributed by atoms with van der Waals surface area (Å²) < 4.78 is 1.02. The maximum atomic E-state index is 12.3. The van der Waals surface area contributed by atoms with Crippen LogP contribution in [0.4, 0.5) is 5.69 Å². The first-order chi connectivity index (χ1) is 9.49. The van der Waals surface area contributed by atoms with Crippen LogP contribution in [0.3, 0.4) is 0 Å². The Morgan fingerprint density at radius 1 is 1.20 bits per heavy atom. The lowest BCUT2D eigenvalue weighted by Gasteiger charge is -2.16. The van der Waals surface area contributed by atoms with Crippen molar-refractivity contribution in [1.29, 1.82) is 0 Å². The van der Waals surface area contributed by atoms with E-state index in [1.54, 1.807) is 6.07 Å². The molecule has 0 aliphatic carbocycles. The van der Waals surface area contributed by atoms with Gasteiger partial charge in [-0.15, -0.1) is 0 Å². The van der Waals surface area contributed by atoms with E-state index >= 15 is 0 Å². The van der Waals surface area contributed by atoms with Crippen LogP contribution in [0.5, 0.6) is 0 Å². The third-order valence-electron chi connectivity index (χ3n) is 3.29. The van der Waals surface area contributed by atoms with Crippen LogP contribution in [0.1, 0.15) is 34.5 Å². The van der Waals surface area contributed by atoms with Crippen molar-refractivity contribution in [3.8, 4) is 0 Å². The highest BCUT2D eigenvalue weighted by molar-refractivity contribution is 9.10. The van der Waals surface area contributed by atoms with Gasteiger partial charge in [-0.2, -0.15) is 0 Å². The quantitative estimate of drug-likeness (QED) is 0.839. The summed E-state index contributed by atoms with van der Waals surface area (Å²) in [5.74, 6) is -0.151. The molecule has 1 unspecified atom stereocenters. The van der Waals surface area contributed by atoms with E-state index in [4.69, 9.17) is 5.73 Å². The van der Waals surface area contributed by atoms with Crippen molar-refractivity contribution in [2.24, 2.45) is 0 Å². The molecule has 3 nitrogen and oxygen atoms in total. The first-order valence-electron chi connectivity index (χ1n) is 6.40. The number of carbonyl (C=O) groups is 1. The molecule has 20 heavy (non-hydrogen) atoms. The van der Waals surface area contributed by atoms with E-state index in [0.717, 1.165) is 15.6 Å². The average molecular weight is 333 g/mol. The number of nitrogens with two attached hydrogens (primary N) is 1. The van der Waals surface area contributed by atoms with Gasteiger partial charge in [-0.25, -0.2) is 0 Å². The molecular formula is C16H17BrN2O. The van der Waals surface area contributed by atoms with Crippen LogP contribution >= 0.6 is 15.9 Å². The molecule has 2 aromatic carbocycles. The van der Waals surface area contributed by atoms with Gasteiger partial charge in [0.2, 0.25) is 0 Å². The van der Waals surface area contributed by atoms with Crippen LogP contribution in [-0.2, 0) is 0 Å². The Hall–Kier alpha value is -1.81. The van der Waals surface area contributed by atoms with Gasteiger partial charge in [-0.05, 0) is 43.2 Å². The van der Waals surface area contributed by atoms with Crippen molar-refractivity contribution in [3.05, 3.63) is 63.6 Å². The smallest absolute Gasteiger partial charge is 0.253 e. The van der Waals surface area contributed by atoms with Gasteiger partial charge in [0, 0.05) is 10.2 Å². The third-order valence-corrected chi connectivity index (χ3v) is 3.82. The minimum absolute atomic E-state index is 0.0736. The Labute approximate surface area is 127 Å². The van der Waals surface area contributed by atoms with Crippen LogP contribution in [0, 0.1) is 6.92 Å². The molecule has 0 spiro atoms. The van der Waals surface area contributed by atoms with Gasteiger partial charge < -0.3 is 11.1 Å². The fourth-order valence-corrected chi connectivity index (χ4v) is 2.25. The number of para-hydroxylation sites is 1. The van der Waals surface area contributed by atoms with Crippen LogP contribution in [-0.4, -0.2) is 5.91 Å². The van der Waals surface area contributed by atoms with Crippen molar-refractivity contribution in [2.75, 3.05) is 5.73 Å². The molecule has 104 valence electrons. The molecule has 0 aliphatic heterocycles. The first kappa shape index (κ1) is 14.6. The van der Waals surface area contributed by atoms with E-state index in [1.807, 2.05) is 50.2 Å². The summed E-state index contributed by atoms with van der Waals surface area (Å²) in [5, 5.41) is 2.97. The first-order valence-corrected chi connectivity index (χ1v) is 7.19. The summed E-state index contributed by atoms with van der Waals surface area (Å²) in [4.78, 5) is 12.3. The van der Waals surface area contributed by atoms with Crippen molar-refractivity contribution in [3.63, 3.8) is 0 Å². The summed E-state index contributed by atoms with van der Waals surface area (Å²) in [5.41, 5.74) is 8.97. The Morgan fingerprint density at radius 3 is 2.50 bits per heavy atom. The Kier molecular flexibility index (Phi) is 4.45. The molecule has 4 heteroatoms. The Morgan fingerprint density at radius 2 is 1.85 bits per heavy atom. The molecule has 0 aliphatic rings. The Balaban J connectivity index is 2.15. The number of aryl methyl sites for hydroxylation is 1. The number of hydrogen-bond donors (Lipinski definition) is 2. The van der Waals surface area contributed by atoms with Gasteiger partial charge >= 0.3 is 0 Å². The molecule has 0 saturated heterocycles. The second kappa shape index (κ2) is 6.09. The van der Waals surface area contributed by atoms with Gasteiger partial charge in [-0.3, -0.25) is 4.79 Å². The highest BCUT2D eigenvalue weighted by Crippen LogP contribution is 2.20. The number of nitrogens with one attached hydrogen (secondary N) is 1. The van der Waals surface area contributed by atoms with Crippen LogP contribution in [0.25, 0.3) is 0 Å². The molecule has 3 N–H and O–H groups in total. The largest absolute Gasteiger partial charge is 0.398 e. The highest BCUT2D eigenvalue weighted by Gasteiger charge is 2.14. The number of carbonyl (C=O) groups excluding carboxylic acids is 1. The summed E-state index contributed by atoms with van der Waals surface area (Å²) in [6.45, 7) is 3.84. The molecule has 0 bridgehead atoms. The number of rotatable bonds is 3. The van der Waals surface area contributed by atoms with Crippen molar-refractivity contribution in [2.45, 2.75) is 19.9 Å². The fourth-order valence-electron chi connectivity index (χ4n) is 1.99. The number of anilines is 1. The zero-order chi connectivity index (χ0) is 14.7. The summed E-state index contributed by atoms with van der Waals surface area (Å²) in [6, 6.07) is 13.3. The molecule has 2 rings (SSSR count). The minimum atomic E-state index is -0.151. The van der Waals surface area contributed by atoms with E-state index < -0.39 is 0 Å². The summed E-state index contributed by atoms with van der Waals surface area (Å²) in [6.07, 6.45) is 0. The lowest BCUT2D eigenvalue weighted by molar-refractivity contribution is 0.0940. The predicted molar refractivity (Wildman–Crippen MR) is 85.6 cm³/mol. The molecule has 0 aromatic heterocycles. The Bertz CT molecular complexity index is 623. The number of nitrogen functional groups attached to an aromatic ring is 1. The lowest BCUT2D eigenvalue weighted by atomic mass is 10.1. The molecular weight excluding hydrogens is 316 g/mol. The van der Waals surface area contributed by atoms with Gasteiger partial charge in [-0.1, -0.05) is 40.2 Å². The molecule has 1 atom stereocenters. The maximum absolute atomic E-state index is 12.3. The average Bonchev–Trinajstić information content (AvgIpc) is 2.42. The van der Waals surface area contributed by atoms with E-state index in [-0.39, 0.29) is 11.9 Å². The van der Waals surface area contributed by atoms with Gasteiger partial charge in [0.1, 0.15) is 0 Å². The highest BCUT2D eigenvalue weighted by atomic mass is 79.9. The maximum Gasteiger partial charge on any atom is 0.253 e. The monoisotopic (exact) mass is 332 g/mol. The number of amides is 1. The molecule has 0 saturated carbocycles. The second-order valence-electron chi connectivity index (χ2n) is 4.78. The van der Waals surface area contributed by atoms with Crippen LogP contribution in [0.2, 0.25) is 0 Å². The fraction of sp³-hybridized carbons (Fsp3) is 0.188. The van der Waals surface area contributed by atoms with E-state index in [2.05, 4.69) is 21.2 Å².